The van der Waals surface area contributed by atoms with Crippen molar-refractivity contribution in [3.63, 3.8) is 0 Å². The highest BCUT2D eigenvalue weighted by Crippen LogP contribution is 2.11. The fourth-order valence-electron chi connectivity index (χ4n) is 1.52. The van der Waals surface area contributed by atoms with E-state index in [4.69, 9.17) is 0 Å². The Morgan fingerprint density at radius 2 is 2.19 bits per heavy atom. The molecule has 0 amide bonds. The summed E-state index contributed by atoms with van der Waals surface area (Å²) in [6, 6.07) is 1.94. The summed E-state index contributed by atoms with van der Waals surface area (Å²) >= 11 is 0. The fraction of sp³-hybridized carbons (Fsp3) is 0.667. The van der Waals surface area contributed by atoms with E-state index in [1.165, 1.54) is 0 Å². The van der Waals surface area contributed by atoms with E-state index in [9.17, 15) is 0 Å². The fourth-order valence-corrected chi connectivity index (χ4v) is 1.52. The molecule has 4 nitrogen and oxygen atoms in total. The van der Waals surface area contributed by atoms with Gasteiger partial charge in [-0.15, -0.1) is 0 Å². The topological polar surface area (TPSA) is 41.1 Å². The van der Waals surface area contributed by atoms with Crippen molar-refractivity contribution in [2.24, 2.45) is 5.92 Å². The van der Waals surface area contributed by atoms with Crippen LogP contribution in [0, 0.1) is 5.92 Å². The minimum absolute atomic E-state index is 0.631. The van der Waals surface area contributed by atoms with Crippen LogP contribution in [-0.2, 0) is 0 Å². The lowest BCUT2D eigenvalue weighted by Crippen LogP contribution is -2.23. The van der Waals surface area contributed by atoms with Gasteiger partial charge in [-0.3, -0.25) is 0 Å². The van der Waals surface area contributed by atoms with E-state index < -0.39 is 0 Å². The Hall–Kier alpha value is -1.32. The molecule has 0 bridgehead atoms. The Bertz CT molecular complexity index is 312. The summed E-state index contributed by atoms with van der Waals surface area (Å²) in [7, 11) is 2.06. The summed E-state index contributed by atoms with van der Waals surface area (Å²) in [5, 5.41) is 3.19. The van der Waals surface area contributed by atoms with Gasteiger partial charge in [0.05, 0.1) is 0 Å². The van der Waals surface area contributed by atoms with Gasteiger partial charge in [0.15, 0.2) is 0 Å². The van der Waals surface area contributed by atoms with Crippen molar-refractivity contribution in [1.82, 2.24) is 9.97 Å². The molecule has 1 heterocycles. The summed E-state index contributed by atoms with van der Waals surface area (Å²) in [6.45, 7) is 8.45. The van der Waals surface area contributed by atoms with Crippen molar-refractivity contribution in [2.45, 2.75) is 27.2 Å². The van der Waals surface area contributed by atoms with Gasteiger partial charge in [-0.1, -0.05) is 20.8 Å². The highest BCUT2D eigenvalue weighted by atomic mass is 15.2. The van der Waals surface area contributed by atoms with Crippen molar-refractivity contribution >= 4 is 11.8 Å². The van der Waals surface area contributed by atoms with Crippen molar-refractivity contribution in [3.8, 4) is 0 Å². The first-order valence-corrected chi connectivity index (χ1v) is 5.91. The Morgan fingerprint density at radius 1 is 1.44 bits per heavy atom. The molecule has 1 aromatic heterocycles. The summed E-state index contributed by atoms with van der Waals surface area (Å²) < 4.78 is 0. The summed E-state index contributed by atoms with van der Waals surface area (Å²) in [5.41, 5.74) is 0. The van der Waals surface area contributed by atoms with E-state index in [1.807, 2.05) is 6.07 Å². The van der Waals surface area contributed by atoms with Crippen molar-refractivity contribution in [2.75, 3.05) is 30.4 Å². The molecule has 0 radical (unpaired) electrons. The van der Waals surface area contributed by atoms with Crippen molar-refractivity contribution < 1.29 is 0 Å². The van der Waals surface area contributed by atoms with E-state index in [1.54, 1.807) is 6.20 Å². The van der Waals surface area contributed by atoms with Gasteiger partial charge < -0.3 is 10.2 Å². The molecule has 1 rings (SSSR count). The van der Waals surface area contributed by atoms with Crippen molar-refractivity contribution in [3.05, 3.63) is 12.3 Å². The maximum absolute atomic E-state index is 4.47. The molecule has 4 heteroatoms. The molecule has 0 atom stereocenters. The first-order chi connectivity index (χ1) is 7.63. The Kier molecular flexibility index (Phi) is 5.02. The van der Waals surface area contributed by atoms with E-state index in [0.29, 0.717) is 5.92 Å². The molecule has 0 aliphatic heterocycles. The van der Waals surface area contributed by atoms with Gasteiger partial charge in [0.2, 0.25) is 5.95 Å². The molecule has 90 valence electrons. The molecule has 0 fully saturated rings. The molecular formula is C12H22N4. The Balaban J connectivity index is 2.65. The van der Waals surface area contributed by atoms with Crippen molar-refractivity contribution in [1.29, 1.82) is 0 Å². The SMILES string of the molecule is CCCNc1nccc(N(C)CC(C)C)n1. The molecule has 0 aromatic carbocycles. The zero-order valence-corrected chi connectivity index (χ0v) is 10.7. The average Bonchev–Trinajstić information content (AvgIpc) is 2.26. The number of nitrogens with one attached hydrogen (secondary N) is 1. The van der Waals surface area contributed by atoms with E-state index in [-0.39, 0.29) is 0 Å². The minimum Gasteiger partial charge on any atom is -0.359 e. The van der Waals surface area contributed by atoms with Crippen LogP contribution in [0.2, 0.25) is 0 Å². The maximum Gasteiger partial charge on any atom is 0.224 e. The first kappa shape index (κ1) is 12.7. The third kappa shape index (κ3) is 4.04. The second kappa shape index (κ2) is 6.30. The van der Waals surface area contributed by atoms with E-state index >= 15 is 0 Å². The highest BCUT2D eigenvalue weighted by molar-refractivity contribution is 5.41. The Morgan fingerprint density at radius 3 is 2.81 bits per heavy atom. The zero-order valence-electron chi connectivity index (χ0n) is 10.7. The highest BCUT2D eigenvalue weighted by Gasteiger charge is 2.05. The molecular weight excluding hydrogens is 200 g/mol. The number of aromatic nitrogens is 2. The predicted octanol–water partition coefficient (Wildman–Crippen LogP) is 2.39. The van der Waals surface area contributed by atoms with Crippen LogP contribution in [0.25, 0.3) is 0 Å². The van der Waals surface area contributed by atoms with Crippen LogP contribution < -0.4 is 10.2 Å². The molecule has 0 saturated heterocycles. The molecule has 0 spiro atoms. The predicted molar refractivity (Wildman–Crippen MR) is 68.9 cm³/mol. The molecule has 16 heavy (non-hydrogen) atoms. The van der Waals surface area contributed by atoms with Crippen LogP contribution >= 0.6 is 0 Å². The molecule has 0 unspecified atom stereocenters. The summed E-state index contributed by atoms with van der Waals surface area (Å²) in [5.74, 6) is 2.32. The quantitative estimate of drug-likeness (QED) is 0.802. The monoisotopic (exact) mass is 222 g/mol. The van der Waals surface area contributed by atoms with Gasteiger partial charge in [0.25, 0.3) is 0 Å². The van der Waals surface area contributed by atoms with E-state index in [0.717, 1.165) is 31.3 Å². The van der Waals surface area contributed by atoms with Gasteiger partial charge in [0.1, 0.15) is 5.82 Å². The standard InChI is InChI=1S/C12H22N4/c1-5-7-13-12-14-8-6-11(15-12)16(4)9-10(2)3/h6,8,10H,5,7,9H2,1-4H3,(H,13,14,15). The lowest BCUT2D eigenvalue weighted by atomic mass is 10.2. The smallest absolute Gasteiger partial charge is 0.224 e. The molecule has 1 aromatic rings. The molecule has 0 saturated carbocycles. The maximum atomic E-state index is 4.47. The van der Waals surface area contributed by atoms with Gasteiger partial charge in [-0.25, -0.2) is 4.98 Å². The van der Waals surface area contributed by atoms with Crippen LogP contribution in [0.3, 0.4) is 0 Å². The average molecular weight is 222 g/mol. The van der Waals surface area contributed by atoms with Crippen LogP contribution in [0.1, 0.15) is 27.2 Å². The number of rotatable bonds is 6. The lowest BCUT2D eigenvalue weighted by Gasteiger charge is -2.20. The second-order valence-electron chi connectivity index (χ2n) is 4.44. The number of hydrogen-bond acceptors (Lipinski definition) is 4. The summed E-state index contributed by atoms with van der Waals surface area (Å²) in [4.78, 5) is 10.8. The second-order valence-corrected chi connectivity index (χ2v) is 4.44. The van der Waals surface area contributed by atoms with E-state index in [2.05, 4.69) is 48.0 Å². The Labute approximate surface area is 98.1 Å². The van der Waals surface area contributed by atoms with Gasteiger partial charge >= 0.3 is 0 Å². The third-order valence-electron chi connectivity index (χ3n) is 2.20. The lowest BCUT2D eigenvalue weighted by molar-refractivity contribution is 0.634. The normalized spacial score (nSPS) is 10.6. The van der Waals surface area contributed by atoms with Gasteiger partial charge in [0, 0.05) is 26.3 Å². The number of hydrogen-bond donors (Lipinski definition) is 1. The minimum atomic E-state index is 0.631. The molecule has 0 aliphatic carbocycles. The number of nitrogens with zero attached hydrogens (tertiary/aromatic N) is 3. The molecule has 0 aliphatic rings. The van der Waals surface area contributed by atoms with Crippen LogP contribution in [-0.4, -0.2) is 30.1 Å². The first-order valence-electron chi connectivity index (χ1n) is 5.91. The van der Waals surface area contributed by atoms with Crippen LogP contribution in [0.4, 0.5) is 11.8 Å². The zero-order chi connectivity index (χ0) is 12.0. The largest absolute Gasteiger partial charge is 0.359 e. The third-order valence-corrected chi connectivity index (χ3v) is 2.20. The van der Waals surface area contributed by atoms with Gasteiger partial charge in [-0.05, 0) is 18.4 Å². The van der Waals surface area contributed by atoms with Crippen LogP contribution in [0.5, 0.6) is 0 Å². The number of anilines is 2. The van der Waals surface area contributed by atoms with Gasteiger partial charge in [-0.2, -0.15) is 4.98 Å². The summed E-state index contributed by atoms with van der Waals surface area (Å²) in [6.07, 6.45) is 2.88. The van der Waals surface area contributed by atoms with Crippen LogP contribution in [0.15, 0.2) is 12.3 Å². The molecule has 1 N–H and O–H groups in total.